The number of likely N-dealkylation sites (N-methyl/N-ethyl adjacent to an activating group) is 1. The molecule has 1 fully saturated rings. The van der Waals surface area contributed by atoms with Crippen molar-refractivity contribution in [2.24, 2.45) is 5.92 Å². The van der Waals surface area contributed by atoms with Gasteiger partial charge in [-0.05, 0) is 32.7 Å². The minimum absolute atomic E-state index is 0.0793. The van der Waals surface area contributed by atoms with E-state index in [2.05, 4.69) is 29.3 Å². The zero-order valence-electron chi connectivity index (χ0n) is 13.8. The van der Waals surface area contributed by atoms with Crippen LogP contribution in [0, 0.1) is 5.92 Å². The first-order chi connectivity index (χ1) is 10.1. The van der Waals surface area contributed by atoms with Gasteiger partial charge in [0.2, 0.25) is 11.7 Å². The van der Waals surface area contributed by atoms with Gasteiger partial charge in [0, 0.05) is 18.6 Å². The highest BCUT2D eigenvalue weighted by molar-refractivity contribution is 5.00. The number of ether oxygens (including phenoxy) is 1. The predicted molar refractivity (Wildman–Crippen MR) is 82.1 cm³/mol. The van der Waals surface area contributed by atoms with Crippen molar-refractivity contribution in [2.75, 3.05) is 13.7 Å². The van der Waals surface area contributed by atoms with Gasteiger partial charge in [0.1, 0.15) is 6.10 Å². The van der Waals surface area contributed by atoms with E-state index in [1.54, 1.807) is 0 Å². The van der Waals surface area contributed by atoms with E-state index in [0.717, 1.165) is 12.3 Å². The molecule has 0 amide bonds. The second kappa shape index (κ2) is 7.36. The van der Waals surface area contributed by atoms with E-state index >= 15 is 0 Å². The first-order valence-corrected chi connectivity index (χ1v) is 8.23. The van der Waals surface area contributed by atoms with Crippen molar-refractivity contribution < 1.29 is 9.26 Å². The molecule has 5 heteroatoms. The van der Waals surface area contributed by atoms with Crippen LogP contribution in [0.3, 0.4) is 0 Å². The molecule has 1 heterocycles. The van der Waals surface area contributed by atoms with E-state index in [1.807, 2.05) is 14.0 Å². The molecule has 0 saturated heterocycles. The van der Waals surface area contributed by atoms with Crippen LogP contribution in [-0.4, -0.2) is 29.3 Å². The minimum Gasteiger partial charge on any atom is -0.370 e. The molecule has 0 aromatic carbocycles. The third kappa shape index (κ3) is 4.04. The molecular formula is C16H29N3O2. The van der Waals surface area contributed by atoms with E-state index in [0.29, 0.717) is 18.3 Å². The fraction of sp³-hybridized carbons (Fsp3) is 0.875. The molecule has 1 unspecified atom stereocenters. The van der Waals surface area contributed by atoms with Crippen molar-refractivity contribution in [2.45, 2.75) is 70.9 Å². The highest BCUT2D eigenvalue weighted by atomic mass is 16.5. The van der Waals surface area contributed by atoms with Gasteiger partial charge in [-0.1, -0.05) is 38.3 Å². The van der Waals surface area contributed by atoms with Gasteiger partial charge in [0.05, 0.1) is 0 Å². The van der Waals surface area contributed by atoms with Gasteiger partial charge in [0.25, 0.3) is 0 Å². The second-order valence-electron chi connectivity index (χ2n) is 6.43. The Morgan fingerprint density at radius 2 is 2.00 bits per heavy atom. The van der Waals surface area contributed by atoms with Crippen molar-refractivity contribution in [1.82, 2.24) is 15.5 Å². The molecule has 0 spiro atoms. The summed E-state index contributed by atoms with van der Waals surface area (Å²) >= 11 is 0. The normalized spacial score (nSPS) is 19.9. The number of nitrogens with zero attached hydrogens (tertiary/aromatic N) is 2. The summed E-state index contributed by atoms with van der Waals surface area (Å²) in [6, 6.07) is 0. The molecule has 1 aromatic rings. The number of rotatable bonds is 7. The molecule has 0 bridgehead atoms. The molecule has 21 heavy (non-hydrogen) atoms. The molecule has 1 saturated carbocycles. The van der Waals surface area contributed by atoms with Gasteiger partial charge in [-0.15, -0.1) is 0 Å². The predicted octanol–water partition coefficient (Wildman–Crippen LogP) is 3.27. The number of aromatic nitrogens is 2. The van der Waals surface area contributed by atoms with E-state index in [1.165, 1.54) is 32.1 Å². The first kappa shape index (κ1) is 16.4. The van der Waals surface area contributed by atoms with Crippen LogP contribution in [0.5, 0.6) is 0 Å². The van der Waals surface area contributed by atoms with Crippen molar-refractivity contribution in [1.29, 1.82) is 0 Å². The van der Waals surface area contributed by atoms with Crippen LogP contribution in [0.1, 0.15) is 70.7 Å². The topological polar surface area (TPSA) is 60.2 Å². The fourth-order valence-electron chi connectivity index (χ4n) is 3.23. The van der Waals surface area contributed by atoms with Gasteiger partial charge in [0.15, 0.2) is 0 Å². The molecule has 1 atom stereocenters. The van der Waals surface area contributed by atoms with Crippen LogP contribution in [0.25, 0.3) is 0 Å². The second-order valence-corrected chi connectivity index (χ2v) is 6.43. The zero-order chi connectivity index (χ0) is 15.3. The van der Waals surface area contributed by atoms with Gasteiger partial charge in [-0.3, -0.25) is 0 Å². The van der Waals surface area contributed by atoms with Gasteiger partial charge >= 0.3 is 0 Å². The lowest BCUT2D eigenvalue weighted by atomic mass is 9.79. The number of hydrogen-bond donors (Lipinski definition) is 1. The highest BCUT2D eigenvalue weighted by Crippen LogP contribution is 2.31. The maximum absolute atomic E-state index is 5.74. The van der Waals surface area contributed by atoms with E-state index in [9.17, 15) is 0 Å². The maximum Gasteiger partial charge on any atom is 0.228 e. The molecule has 5 nitrogen and oxygen atoms in total. The number of nitrogens with one attached hydrogen (secondary N) is 1. The summed E-state index contributed by atoms with van der Waals surface area (Å²) in [5.41, 5.74) is 0.126. The average molecular weight is 295 g/mol. The Bertz CT molecular complexity index is 425. The lowest BCUT2D eigenvalue weighted by Gasteiger charge is -2.36. The summed E-state index contributed by atoms with van der Waals surface area (Å²) in [5, 5.41) is 7.64. The molecule has 1 aliphatic carbocycles. The van der Waals surface area contributed by atoms with E-state index < -0.39 is 0 Å². The molecule has 120 valence electrons. The van der Waals surface area contributed by atoms with Crippen molar-refractivity contribution in [3.05, 3.63) is 11.7 Å². The maximum atomic E-state index is 5.74. The SMILES string of the molecule is CCOC(c1noc(CC2(NC)CCCCC2)n1)C(C)C. The first-order valence-electron chi connectivity index (χ1n) is 8.23. The van der Waals surface area contributed by atoms with Crippen LogP contribution in [0.2, 0.25) is 0 Å². The highest BCUT2D eigenvalue weighted by Gasteiger charge is 2.33. The Balaban J connectivity index is 2.08. The van der Waals surface area contributed by atoms with Crippen molar-refractivity contribution in [3.63, 3.8) is 0 Å². The summed E-state index contributed by atoms with van der Waals surface area (Å²) < 4.78 is 11.2. The standard InChI is InChI=1S/C16H29N3O2/c1-5-20-14(12(2)3)15-18-13(21-19-15)11-16(17-4)9-7-6-8-10-16/h12,14,17H,5-11H2,1-4H3. The summed E-state index contributed by atoms with van der Waals surface area (Å²) in [6.45, 7) is 6.89. The van der Waals surface area contributed by atoms with Gasteiger partial charge in [-0.2, -0.15) is 4.98 Å². The summed E-state index contributed by atoms with van der Waals surface area (Å²) in [5.74, 6) is 1.75. The fourth-order valence-corrected chi connectivity index (χ4v) is 3.23. The lowest BCUT2D eigenvalue weighted by molar-refractivity contribution is 0.0217. The molecule has 1 aromatic heterocycles. The Morgan fingerprint density at radius 1 is 1.29 bits per heavy atom. The van der Waals surface area contributed by atoms with Crippen LogP contribution in [0.4, 0.5) is 0 Å². The lowest BCUT2D eigenvalue weighted by Crippen LogP contribution is -2.46. The largest absolute Gasteiger partial charge is 0.370 e. The quantitative estimate of drug-likeness (QED) is 0.836. The molecule has 1 N–H and O–H groups in total. The molecule has 0 radical (unpaired) electrons. The zero-order valence-corrected chi connectivity index (χ0v) is 13.8. The van der Waals surface area contributed by atoms with Gasteiger partial charge < -0.3 is 14.6 Å². The van der Waals surface area contributed by atoms with Crippen LogP contribution in [0.15, 0.2) is 4.52 Å². The Labute approximate surface area is 127 Å². The molecule has 0 aliphatic heterocycles. The van der Waals surface area contributed by atoms with Gasteiger partial charge in [-0.25, -0.2) is 0 Å². The molecular weight excluding hydrogens is 266 g/mol. The molecule has 2 rings (SSSR count). The Kier molecular flexibility index (Phi) is 5.76. The Morgan fingerprint density at radius 3 is 2.57 bits per heavy atom. The Hall–Kier alpha value is -0.940. The van der Waals surface area contributed by atoms with Crippen LogP contribution in [-0.2, 0) is 11.2 Å². The van der Waals surface area contributed by atoms with E-state index in [-0.39, 0.29) is 11.6 Å². The minimum atomic E-state index is -0.0793. The summed E-state index contributed by atoms with van der Waals surface area (Å²) in [4.78, 5) is 4.59. The van der Waals surface area contributed by atoms with Crippen LogP contribution >= 0.6 is 0 Å². The number of hydrogen-bond acceptors (Lipinski definition) is 5. The van der Waals surface area contributed by atoms with Crippen LogP contribution < -0.4 is 5.32 Å². The van der Waals surface area contributed by atoms with Crippen molar-refractivity contribution in [3.8, 4) is 0 Å². The average Bonchev–Trinajstić information content (AvgIpc) is 2.93. The monoisotopic (exact) mass is 295 g/mol. The summed E-state index contributed by atoms with van der Waals surface area (Å²) in [6.07, 6.45) is 6.97. The summed E-state index contributed by atoms with van der Waals surface area (Å²) in [7, 11) is 2.04. The third-order valence-corrected chi connectivity index (χ3v) is 4.52. The van der Waals surface area contributed by atoms with Crippen molar-refractivity contribution >= 4 is 0 Å². The smallest absolute Gasteiger partial charge is 0.228 e. The van der Waals surface area contributed by atoms with E-state index in [4.69, 9.17) is 9.26 Å². The third-order valence-electron chi connectivity index (χ3n) is 4.52. The molecule has 1 aliphatic rings.